The number of halogens is 2. The number of esters is 1. The van der Waals surface area contributed by atoms with Crippen molar-refractivity contribution < 1.29 is 33.0 Å². The lowest BCUT2D eigenvalue weighted by Gasteiger charge is -2.18. The van der Waals surface area contributed by atoms with E-state index in [2.05, 4.69) is 6.58 Å². The van der Waals surface area contributed by atoms with E-state index in [0.29, 0.717) is 6.07 Å². The molecule has 3 rings (SSSR count). The highest BCUT2D eigenvalue weighted by Crippen LogP contribution is 2.32. The zero-order valence-corrected chi connectivity index (χ0v) is 15.2. The molecule has 29 heavy (non-hydrogen) atoms. The monoisotopic (exact) mass is 403 g/mol. The van der Waals surface area contributed by atoms with E-state index >= 15 is 0 Å². The summed E-state index contributed by atoms with van der Waals surface area (Å²) in [7, 11) is 0. The largest absolute Gasteiger partial charge is 0.484 e. The molecule has 0 atom stereocenters. The van der Waals surface area contributed by atoms with Crippen LogP contribution in [0.3, 0.4) is 0 Å². The summed E-state index contributed by atoms with van der Waals surface area (Å²) in [6.45, 7) is 4.97. The first-order valence-electron chi connectivity index (χ1n) is 8.44. The molecule has 0 amide bonds. The molecule has 1 aromatic carbocycles. The highest BCUT2D eigenvalue weighted by Gasteiger charge is 2.25. The fourth-order valence-corrected chi connectivity index (χ4v) is 2.85. The molecule has 0 saturated carbocycles. The summed E-state index contributed by atoms with van der Waals surface area (Å²) in [6, 6.07) is 0.649. The summed E-state index contributed by atoms with van der Waals surface area (Å²) in [4.78, 5) is 36.4. The number of allylic oxidation sites excluding steroid dienone is 2. The van der Waals surface area contributed by atoms with Gasteiger partial charge in [-0.1, -0.05) is 6.58 Å². The third-order valence-electron chi connectivity index (χ3n) is 4.13. The van der Waals surface area contributed by atoms with Crippen molar-refractivity contribution in [1.82, 2.24) is 4.57 Å². The lowest BCUT2D eigenvalue weighted by atomic mass is 10.1. The fourth-order valence-electron chi connectivity index (χ4n) is 2.85. The predicted octanol–water partition coefficient (Wildman–Crippen LogP) is 2.89. The number of carbonyl (C=O) groups excluding carboxylic acids is 1. The van der Waals surface area contributed by atoms with Gasteiger partial charge in [0.1, 0.15) is 17.7 Å². The van der Waals surface area contributed by atoms with Crippen LogP contribution in [0.4, 0.5) is 8.78 Å². The molecule has 0 bridgehead atoms. The molecule has 0 unspecified atom stereocenters. The first-order valence-corrected chi connectivity index (χ1v) is 8.44. The highest BCUT2D eigenvalue weighted by atomic mass is 19.2. The minimum Gasteiger partial charge on any atom is -0.484 e. The van der Waals surface area contributed by atoms with E-state index in [4.69, 9.17) is 9.47 Å². The Kier molecular flexibility index (Phi) is 5.31. The van der Waals surface area contributed by atoms with E-state index in [1.165, 1.54) is 19.1 Å². The second-order valence-electron chi connectivity index (χ2n) is 5.97. The second-order valence-corrected chi connectivity index (χ2v) is 5.97. The van der Waals surface area contributed by atoms with Crippen LogP contribution in [0.2, 0.25) is 0 Å². The summed E-state index contributed by atoms with van der Waals surface area (Å²) in [5.74, 6) is -5.48. The topological polar surface area (TPSA) is 94.8 Å². The van der Waals surface area contributed by atoms with Crippen LogP contribution in [0.15, 0.2) is 47.4 Å². The molecule has 0 fully saturated rings. The zero-order chi connectivity index (χ0) is 21.3. The number of aliphatic carboxylic acids is 1. The lowest BCUT2D eigenvalue weighted by molar-refractivity contribution is -0.132. The Labute approximate surface area is 162 Å². The van der Waals surface area contributed by atoms with Crippen molar-refractivity contribution >= 4 is 28.5 Å². The van der Waals surface area contributed by atoms with Crippen molar-refractivity contribution in [2.75, 3.05) is 13.2 Å². The number of aromatic nitrogens is 1. The van der Waals surface area contributed by atoms with Crippen LogP contribution in [0.1, 0.15) is 17.3 Å². The standard InChI is InChI=1S/C20H15F2NO6/c1-3-28-20(27)13-9-23-10(2)7-11(19(25)26)5-4-6-29-18-15(22)14(21)8-12(16(18)23)17(13)24/h4-5,7-9H,2-3,6H2,1H3,(H,25,26)/b5-4-,11-7+. The average Bonchev–Trinajstić information content (AvgIpc) is 2.67. The molecule has 0 spiro atoms. The molecule has 0 aliphatic carbocycles. The summed E-state index contributed by atoms with van der Waals surface area (Å²) in [5, 5.41) is 8.97. The van der Waals surface area contributed by atoms with Gasteiger partial charge in [0.25, 0.3) is 0 Å². The Bertz CT molecular complexity index is 1180. The van der Waals surface area contributed by atoms with Gasteiger partial charge in [0.15, 0.2) is 11.6 Å². The van der Waals surface area contributed by atoms with Crippen LogP contribution >= 0.6 is 0 Å². The number of carboxylic acids is 1. The van der Waals surface area contributed by atoms with Gasteiger partial charge in [-0.2, -0.15) is 4.39 Å². The van der Waals surface area contributed by atoms with Gasteiger partial charge in [-0.05, 0) is 31.2 Å². The van der Waals surface area contributed by atoms with E-state index in [1.54, 1.807) is 0 Å². The van der Waals surface area contributed by atoms with Crippen LogP contribution in [-0.2, 0) is 9.53 Å². The number of carboxylic acid groups (broad SMARTS) is 1. The van der Waals surface area contributed by atoms with Crippen LogP contribution in [0.25, 0.3) is 16.6 Å². The van der Waals surface area contributed by atoms with Gasteiger partial charge in [0, 0.05) is 11.9 Å². The molecule has 1 N–H and O–H groups in total. The maximum atomic E-state index is 14.5. The molecule has 2 heterocycles. The average molecular weight is 403 g/mol. The summed E-state index contributed by atoms with van der Waals surface area (Å²) >= 11 is 0. The molecule has 1 aliphatic heterocycles. The van der Waals surface area contributed by atoms with Crippen molar-refractivity contribution in [3.05, 3.63) is 70.1 Å². The molecule has 0 saturated heterocycles. The fraction of sp³-hybridized carbons (Fsp3) is 0.150. The molecule has 9 heteroatoms. The van der Waals surface area contributed by atoms with E-state index in [1.807, 2.05) is 0 Å². The Morgan fingerprint density at radius 2 is 2.10 bits per heavy atom. The quantitative estimate of drug-likeness (QED) is 0.792. The molecule has 1 aromatic heterocycles. The van der Waals surface area contributed by atoms with E-state index in [9.17, 15) is 28.3 Å². The van der Waals surface area contributed by atoms with Crippen LogP contribution < -0.4 is 10.2 Å². The van der Waals surface area contributed by atoms with Gasteiger partial charge in [-0.3, -0.25) is 4.79 Å². The number of carbonyl (C=O) groups is 2. The van der Waals surface area contributed by atoms with Gasteiger partial charge in [-0.25, -0.2) is 14.0 Å². The Morgan fingerprint density at radius 3 is 2.76 bits per heavy atom. The van der Waals surface area contributed by atoms with Gasteiger partial charge in [0.2, 0.25) is 11.2 Å². The molecular weight excluding hydrogens is 388 g/mol. The molecule has 2 aromatic rings. The normalized spacial score (nSPS) is 16.5. The zero-order valence-electron chi connectivity index (χ0n) is 15.2. The third-order valence-corrected chi connectivity index (χ3v) is 4.13. The second kappa shape index (κ2) is 7.70. The van der Waals surface area contributed by atoms with Gasteiger partial charge >= 0.3 is 11.9 Å². The predicted molar refractivity (Wildman–Crippen MR) is 99.8 cm³/mol. The number of rotatable bonds is 3. The van der Waals surface area contributed by atoms with Crippen LogP contribution in [0.5, 0.6) is 5.75 Å². The van der Waals surface area contributed by atoms with Gasteiger partial charge in [-0.15, -0.1) is 0 Å². The smallest absolute Gasteiger partial charge is 0.343 e. The van der Waals surface area contributed by atoms with Crippen molar-refractivity contribution in [3.63, 3.8) is 0 Å². The summed E-state index contributed by atoms with van der Waals surface area (Å²) in [5.41, 5.74) is -1.73. The number of pyridine rings is 1. The Hall–Kier alpha value is -3.75. The van der Waals surface area contributed by atoms with Crippen molar-refractivity contribution in [2.45, 2.75) is 6.92 Å². The third kappa shape index (κ3) is 3.54. The highest BCUT2D eigenvalue weighted by molar-refractivity contribution is 5.98. The van der Waals surface area contributed by atoms with Crippen molar-refractivity contribution in [2.24, 2.45) is 0 Å². The number of hydrogen-bond donors (Lipinski definition) is 1. The van der Waals surface area contributed by atoms with E-state index in [-0.39, 0.29) is 35.4 Å². The maximum absolute atomic E-state index is 14.5. The van der Waals surface area contributed by atoms with Crippen molar-refractivity contribution in [1.29, 1.82) is 0 Å². The van der Waals surface area contributed by atoms with Crippen LogP contribution in [0, 0.1) is 11.6 Å². The number of benzene rings is 1. The minimum atomic E-state index is -1.34. The first kappa shape index (κ1) is 20.0. The lowest BCUT2D eigenvalue weighted by Crippen LogP contribution is -2.22. The summed E-state index contributed by atoms with van der Waals surface area (Å²) < 4.78 is 39.9. The minimum absolute atomic E-state index is 0.0166. The molecular formula is C20H15F2NO6. The van der Waals surface area contributed by atoms with Crippen LogP contribution in [-0.4, -0.2) is 34.8 Å². The Balaban J connectivity index is 2.46. The maximum Gasteiger partial charge on any atom is 0.343 e. The van der Waals surface area contributed by atoms with E-state index in [0.717, 1.165) is 16.8 Å². The molecule has 1 aliphatic rings. The van der Waals surface area contributed by atoms with Gasteiger partial charge < -0.3 is 19.1 Å². The number of hydrogen-bond acceptors (Lipinski definition) is 5. The molecule has 7 nitrogen and oxygen atoms in total. The van der Waals surface area contributed by atoms with Gasteiger partial charge in [0.05, 0.1) is 17.6 Å². The summed E-state index contributed by atoms with van der Waals surface area (Å²) in [6.07, 6.45) is 4.70. The first-order chi connectivity index (χ1) is 13.8. The van der Waals surface area contributed by atoms with Crippen molar-refractivity contribution in [3.8, 4) is 5.75 Å². The molecule has 150 valence electrons. The SMILES string of the molecule is C=C1/C=C(C(=O)O)\C=C/COc2c(F)c(F)cc3c(=O)c(C(=O)OCC)cn1c23. The number of ether oxygens (including phenoxy) is 2. The van der Waals surface area contributed by atoms with E-state index < -0.39 is 40.3 Å². The Morgan fingerprint density at radius 1 is 1.38 bits per heavy atom. The number of nitrogens with zero attached hydrogens (tertiary/aromatic N) is 1. The molecule has 0 radical (unpaired) electrons.